The molecule has 0 N–H and O–H groups in total. The van der Waals surface area contributed by atoms with Crippen molar-refractivity contribution < 1.29 is 18.8 Å². The highest BCUT2D eigenvalue weighted by atomic mass is 31.0. The number of amides is 1. The van der Waals surface area contributed by atoms with Gasteiger partial charge >= 0.3 is 0 Å². The van der Waals surface area contributed by atoms with Crippen LogP contribution in [0.4, 0.5) is 5.69 Å². The number of rotatable bonds is 4. The van der Waals surface area contributed by atoms with Crippen molar-refractivity contribution in [2.24, 2.45) is 0 Å². The number of benzene rings is 2. The number of carbonyl (C=O) groups is 1. The number of hydrogen-bond acceptors (Lipinski definition) is 4. The van der Waals surface area contributed by atoms with E-state index in [4.69, 9.17) is 9.47 Å². The van der Waals surface area contributed by atoms with Crippen LogP contribution in [-0.2, 0) is 20.7 Å². The molecule has 0 spiro atoms. The molecule has 0 saturated carbocycles. The Balaban J connectivity index is 0.000000595. The van der Waals surface area contributed by atoms with Crippen LogP contribution in [0.3, 0.4) is 0 Å². The second kappa shape index (κ2) is 9.26. The fraction of sp³-hybridized carbons (Fsp3) is 0.235. The summed E-state index contributed by atoms with van der Waals surface area (Å²) >= 11 is 0. The Kier molecular flexibility index (Phi) is 7.01. The molecule has 0 fully saturated rings. The van der Waals surface area contributed by atoms with Crippen LogP contribution < -0.4 is 9.64 Å². The molecule has 5 nitrogen and oxygen atoms in total. The lowest BCUT2D eigenvalue weighted by Gasteiger charge is -2.28. The van der Waals surface area contributed by atoms with Crippen LogP contribution in [0.2, 0.25) is 0 Å². The van der Waals surface area contributed by atoms with Gasteiger partial charge in [-0.15, -0.1) is 0 Å². The number of nitrogens with zero attached hydrogens (tertiary/aromatic N) is 1. The third-order valence-electron chi connectivity index (χ3n) is 3.14. The van der Waals surface area contributed by atoms with Gasteiger partial charge in [0, 0.05) is 7.11 Å². The zero-order chi connectivity index (χ0) is 16.5. The van der Waals surface area contributed by atoms with Gasteiger partial charge in [-0.25, -0.2) is 0 Å². The van der Waals surface area contributed by atoms with Gasteiger partial charge < -0.3 is 14.0 Å². The lowest BCUT2D eigenvalue weighted by Crippen LogP contribution is -2.40. The number of carbonyl (C=O) groups excluding carboxylic acids is 1. The molecule has 122 valence electrons. The average molecular weight is 333 g/mol. The minimum Gasteiger partial charge on any atom is -0.482 e. The molecular weight excluding hydrogens is 313 g/mol. The van der Waals surface area contributed by atoms with Crippen LogP contribution in [0.1, 0.15) is 5.56 Å². The summed E-state index contributed by atoms with van der Waals surface area (Å²) in [5, 5.41) is 0. The van der Waals surface area contributed by atoms with Crippen LogP contribution in [0.15, 0.2) is 54.6 Å². The predicted molar refractivity (Wildman–Crippen MR) is 92.2 cm³/mol. The Morgan fingerprint density at radius 3 is 2.52 bits per heavy atom. The van der Waals surface area contributed by atoms with Gasteiger partial charge in [0.15, 0.2) is 6.61 Å². The Morgan fingerprint density at radius 2 is 1.78 bits per heavy atom. The van der Waals surface area contributed by atoms with Gasteiger partial charge in [0.1, 0.15) is 12.5 Å². The molecule has 0 aromatic heterocycles. The second-order valence-electron chi connectivity index (χ2n) is 4.78. The van der Waals surface area contributed by atoms with Crippen LogP contribution in [-0.4, -0.2) is 26.4 Å². The Labute approximate surface area is 138 Å². The summed E-state index contributed by atoms with van der Waals surface area (Å²) in [5.41, 5.74) is 1.85. The molecule has 1 aliphatic heterocycles. The number of hydrogen-bond donors (Lipinski definition) is 0. The average Bonchev–Trinajstić information content (AvgIpc) is 2.58. The summed E-state index contributed by atoms with van der Waals surface area (Å²) in [7, 11) is 3.67. The largest absolute Gasteiger partial charge is 0.482 e. The van der Waals surface area contributed by atoms with Crippen LogP contribution in [0, 0.1) is 0 Å². The van der Waals surface area contributed by atoms with E-state index in [1.807, 2.05) is 54.6 Å². The third-order valence-corrected chi connectivity index (χ3v) is 3.14. The van der Waals surface area contributed by atoms with E-state index in [0.29, 0.717) is 6.61 Å². The Hall–Kier alpha value is -1.94. The lowest BCUT2D eigenvalue weighted by atomic mass is 10.2. The van der Waals surface area contributed by atoms with Crippen molar-refractivity contribution in [2.75, 3.05) is 25.3 Å². The second-order valence-corrected chi connectivity index (χ2v) is 5.25. The van der Waals surface area contributed by atoms with Crippen LogP contribution in [0.5, 0.6) is 5.75 Å². The molecule has 0 aliphatic carbocycles. The van der Waals surface area contributed by atoms with Crippen LogP contribution in [0.25, 0.3) is 0 Å². The SMILES string of the molecule is COP.O=C1COc2ccccc2N1COCc1ccccc1. The molecule has 2 aromatic rings. The van der Waals surface area contributed by atoms with E-state index in [0.717, 1.165) is 17.0 Å². The van der Waals surface area contributed by atoms with Gasteiger partial charge in [-0.2, -0.15) is 0 Å². The molecule has 1 unspecified atom stereocenters. The van der Waals surface area contributed by atoms with Gasteiger partial charge in [-0.05, 0) is 27.2 Å². The van der Waals surface area contributed by atoms with Gasteiger partial charge in [-0.3, -0.25) is 9.69 Å². The summed E-state index contributed by atoms with van der Waals surface area (Å²) < 4.78 is 15.2. The molecule has 0 bridgehead atoms. The Morgan fingerprint density at radius 1 is 1.13 bits per heavy atom. The molecule has 1 aliphatic rings. The minimum absolute atomic E-state index is 0.0612. The van der Waals surface area contributed by atoms with Crippen molar-refractivity contribution in [3.63, 3.8) is 0 Å². The fourth-order valence-electron chi connectivity index (χ4n) is 2.12. The zero-order valence-electron chi connectivity index (χ0n) is 13.0. The highest BCUT2D eigenvalue weighted by Gasteiger charge is 2.24. The molecule has 0 radical (unpaired) electrons. The van der Waals surface area contributed by atoms with Crippen molar-refractivity contribution in [1.82, 2.24) is 0 Å². The molecule has 1 amide bonds. The normalized spacial score (nSPS) is 12.8. The van der Waals surface area contributed by atoms with E-state index < -0.39 is 0 Å². The van der Waals surface area contributed by atoms with E-state index >= 15 is 0 Å². The number of ether oxygens (including phenoxy) is 2. The lowest BCUT2D eigenvalue weighted by molar-refractivity contribution is -0.122. The maximum absolute atomic E-state index is 11.9. The first-order chi connectivity index (χ1) is 11.3. The maximum Gasteiger partial charge on any atom is 0.266 e. The smallest absolute Gasteiger partial charge is 0.266 e. The van der Waals surface area contributed by atoms with Crippen molar-refractivity contribution in [3.05, 3.63) is 60.2 Å². The molecule has 2 aromatic carbocycles. The van der Waals surface area contributed by atoms with Gasteiger partial charge in [0.25, 0.3) is 5.91 Å². The first kappa shape index (κ1) is 17.4. The summed E-state index contributed by atoms with van der Waals surface area (Å²) in [4.78, 5) is 13.5. The summed E-state index contributed by atoms with van der Waals surface area (Å²) in [6.07, 6.45) is 0. The van der Waals surface area contributed by atoms with E-state index in [1.165, 1.54) is 0 Å². The van der Waals surface area contributed by atoms with Gasteiger partial charge in [-0.1, -0.05) is 42.5 Å². The zero-order valence-corrected chi connectivity index (χ0v) is 14.1. The number of para-hydroxylation sites is 2. The van der Waals surface area contributed by atoms with E-state index in [2.05, 4.69) is 14.0 Å². The molecule has 23 heavy (non-hydrogen) atoms. The van der Waals surface area contributed by atoms with Crippen molar-refractivity contribution in [3.8, 4) is 5.75 Å². The van der Waals surface area contributed by atoms with Crippen LogP contribution >= 0.6 is 9.47 Å². The first-order valence-electron chi connectivity index (χ1n) is 7.13. The fourth-order valence-corrected chi connectivity index (χ4v) is 2.12. The predicted octanol–water partition coefficient (Wildman–Crippen LogP) is 3.01. The topological polar surface area (TPSA) is 48.0 Å². The summed E-state index contributed by atoms with van der Waals surface area (Å²) in [6.45, 7) is 0.771. The van der Waals surface area contributed by atoms with Gasteiger partial charge in [0.05, 0.1) is 12.3 Å². The van der Waals surface area contributed by atoms with E-state index in [1.54, 1.807) is 12.0 Å². The number of fused-ring (bicyclic) bond motifs is 1. The molecule has 6 heteroatoms. The molecule has 1 atom stereocenters. The highest BCUT2D eigenvalue weighted by molar-refractivity contribution is 7.09. The first-order valence-corrected chi connectivity index (χ1v) is 7.60. The van der Waals surface area contributed by atoms with Gasteiger partial charge in [0.2, 0.25) is 0 Å². The third kappa shape index (κ3) is 5.03. The number of anilines is 1. The maximum atomic E-state index is 11.9. The molecule has 0 saturated heterocycles. The molecule has 3 rings (SSSR count). The van der Waals surface area contributed by atoms with E-state index in [9.17, 15) is 4.79 Å². The van der Waals surface area contributed by atoms with Crippen molar-refractivity contribution in [1.29, 1.82) is 0 Å². The molecular formula is C17H20NO4P. The van der Waals surface area contributed by atoms with Crippen molar-refractivity contribution >= 4 is 21.1 Å². The van der Waals surface area contributed by atoms with Crippen molar-refractivity contribution in [2.45, 2.75) is 6.61 Å². The summed E-state index contributed by atoms with van der Waals surface area (Å²) in [5.74, 6) is 0.632. The quantitative estimate of drug-likeness (QED) is 0.807. The standard InChI is InChI=1S/C16H15NO3.CH5OP/c18-16-11-20-15-9-5-4-8-14(15)17(16)12-19-10-13-6-2-1-3-7-13;1-2-3/h1-9H,10-12H2;3H2,1H3. The van der Waals surface area contributed by atoms with E-state index in [-0.39, 0.29) is 19.2 Å². The summed E-state index contributed by atoms with van der Waals surface area (Å²) in [6, 6.07) is 17.4. The highest BCUT2D eigenvalue weighted by Crippen LogP contribution is 2.31. The monoisotopic (exact) mass is 333 g/mol. The minimum atomic E-state index is -0.0863. The molecule has 1 heterocycles. The Bertz CT molecular complexity index is 621.